The van der Waals surface area contributed by atoms with Crippen molar-refractivity contribution in [2.75, 3.05) is 6.61 Å². The number of nitrogens with one attached hydrogen (secondary N) is 1. The lowest BCUT2D eigenvalue weighted by Crippen LogP contribution is -2.52. The zero-order chi connectivity index (χ0) is 22.9. The first-order chi connectivity index (χ1) is 15.5. The van der Waals surface area contributed by atoms with E-state index in [0.717, 1.165) is 36.8 Å². The lowest BCUT2D eigenvalue weighted by atomic mass is 9.95. The van der Waals surface area contributed by atoms with Crippen molar-refractivity contribution in [1.82, 2.24) is 10.2 Å². The van der Waals surface area contributed by atoms with Crippen molar-refractivity contribution in [2.45, 2.75) is 71.0 Å². The molecule has 0 aromatic heterocycles. The minimum absolute atomic E-state index is 0.0856. The molecule has 3 rings (SSSR count). The van der Waals surface area contributed by atoms with E-state index >= 15 is 0 Å². The largest absolute Gasteiger partial charge is 0.482 e. The maximum Gasteiger partial charge on any atom is 0.261 e. The maximum atomic E-state index is 13.3. The average Bonchev–Trinajstić information content (AvgIpc) is 2.80. The molecular weight excluding hydrogens is 424 g/mol. The van der Waals surface area contributed by atoms with E-state index in [1.54, 1.807) is 17.0 Å². The Bertz CT molecular complexity index is 894. The zero-order valence-corrected chi connectivity index (χ0v) is 19.7. The van der Waals surface area contributed by atoms with Crippen LogP contribution < -0.4 is 10.1 Å². The molecule has 2 amide bonds. The number of carbonyl (C=O) groups excluding carboxylic acids is 2. The normalized spacial score (nSPS) is 15.1. The van der Waals surface area contributed by atoms with Gasteiger partial charge in [0, 0.05) is 12.6 Å². The number of hydrogen-bond acceptors (Lipinski definition) is 3. The molecule has 0 heterocycles. The number of amides is 2. The fraction of sp³-hybridized carbons (Fsp3) is 0.462. The third-order valence-electron chi connectivity index (χ3n) is 6.00. The summed E-state index contributed by atoms with van der Waals surface area (Å²) < 4.78 is 5.71. The highest BCUT2D eigenvalue weighted by atomic mass is 35.5. The van der Waals surface area contributed by atoms with Crippen LogP contribution >= 0.6 is 11.6 Å². The molecule has 0 saturated heterocycles. The molecule has 1 atom stereocenters. The molecular formula is C26H33ClN2O3. The predicted molar refractivity (Wildman–Crippen MR) is 128 cm³/mol. The number of ether oxygens (including phenoxy) is 1. The predicted octanol–water partition coefficient (Wildman–Crippen LogP) is 5.28. The highest BCUT2D eigenvalue weighted by Gasteiger charge is 2.30. The minimum atomic E-state index is -0.555. The lowest BCUT2D eigenvalue weighted by molar-refractivity contribution is -0.143. The summed E-state index contributed by atoms with van der Waals surface area (Å²) in [4.78, 5) is 28.1. The SMILES string of the molecule is CC[C@H](C(=O)NC1CCCCC1)N(Cc1ccc(C)cc1)C(=O)COc1ccccc1Cl. The van der Waals surface area contributed by atoms with Crippen LogP contribution in [0.5, 0.6) is 5.75 Å². The molecule has 1 saturated carbocycles. The molecule has 0 radical (unpaired) electrons. The van der Waals surface area contributed by atoms with Gasteiger partial charge in [0.05, 0.1) is 5.02 Å². The first-order valence-electron chi connectivity index (χ1n) is 11.5. The van der Waals surface area contributed by atoms with Gasteiger partial charge in [0.15, 0.2) is 6.61 Å². The van der Waals surface area contributed by atoms with Crippen LogP contribution in [0.4, 0.5) is 0 Å². The van der Waals surface area contributed by atoms with Gasteiger partial charge in [-0.25, -0.2) is 0 Å². The molecule has 2 aromatic carbocycles. The van der Waals surface area contributed by atoms with E-state index in [1.807, 2.05) is 50.2 Å². The first-order valence-corrected chi connectivity index (χ1v) is 11.9. The summed E-state index contributed by atoms with van der Waals surface area (Å²) >= 11 is 6.17. The number of para-hydroxylation sites is 1. The van der Waals surface area contributed by atoms with Crippen molar-refractivity contribution < 1.29 is 14.3 Å². The summed E-state index contributed by atoms with van der Waals surface area (Å²) in [5.41, 5.74) is 2.13. The van der Waals surface area contributed by atoms with Crippen LogP contribution in [0.15, 0.2) is 48.5 Å². The molecule has 32 heavy (non-hydrogen) atoms. The molecule has 0 spiro atoms. The third kappa shape index (κ3) is 6.73. The second-order valence-electron chi connectivity index (χ2n) is 8.49. The maximum absolute atomic E-state index is 13.3. The summed E-state index contributed by atoms with van der Waals surface area (Å²) in [6.07, 6.45) is 6.04. The van der Waals surface area contributed by atoms with E-state index in [-0.39, 0.29) is 24.5 Å². The number of rotatable bonds is 9. The Morgan fingerprint density at radius 2 is 1.78 bits per heavy atom. The highest BCUT2D eigenvalue weighted by molar-refractivity contribution is 6.32. The fourth-order valence-electron chi connectivity index (χ4n) is 4.14. The van der Waals surface area contributed by atoms with Crippen molar-refractivity contribution in [3.8, 4) is 5.75 Å². The summed E-state index contributed by atoms with van der Waals surface area (Å²) in [7, 11) is 0. The molecule has 5 nitrogen and oxygen atoms in total. The molecule has 6 heteroatoms. The Morgan fingerprint density at radius 1 is 1.09 bits per heavy atom. The van der Waals surface area contributed by atoms with Crippen molar-refractivity contribution in [3.63, 3.8) is 0 Å². The molecule has 172 valence electrons. The molecule has 1 aliphatic rings. The van der Waals surface area contributed by atoms with E-state index < -0.39 is 6.04 Å². The van der Waals surface area contributed by atoms with Crippen molar-refractivity contribution in [3.05, 3.63) is 64.7 Å². The third-order valence-corrected chi connectivity index (χ3v) is 6.31. The van der Waals surface area contributed by atoms with Gasteiger partial charge in [-0.05, 0) is 43.9 Å². The average molecular weight is 457 g/mol. The van der Waals surface area contributed by atoms with Gasteiger partial charge < -0.3 is 15.0 Å². The van der Waals surface area contributed by atoms with E-state index in [2.05, 4.69) is 5.32 Å². The standard InChI is InChI=1S/C26H33ClN2O3/c1-3-23(26(31)28-21-9-5-4-6-10-21)29(17-20-15-13-19(2)14-16-20)25(30)18-32-24-12-8-7-11-22(24)27/h7-8,11-16,21,23H,3-6,9-10,17-18H2,1-2H3,(H,28,31)/t23-/m1/s1. The van der Waals surface area contributed by atoms with Crippen LogP contribution in [0, 0.1) is 6.92 Å². The van der Waals surface area contributed by atoms with Gasteiger partial charge in [-0.1, -0.05) is 79.7 Å². The Balaban J connectivity index is 1.75. The van der Waals surface area contributed by atoms with Crippen LogP contribution in [0.3, 0.4) is 0 Å². The number of hydrogen-bond donors (Lipinski definition) is 1. The Morgan fingerprint density at radius 3 is 2.44 bits per heavy atom. The number of carbonyl (C=O) groups is 2. The van der Waals surface area contributed by atoms with Crippen molar-refractivity contribution >= 4 is 23.4 Å². The van der Waals surface area contributed by atoms with Crippen LogP contribution in [-0.4, -0.2) is 35.4 Å². The van der Waals surface area contributed by atoms with Crippen LogP contribution in [0.1, 0.15) is 56.6 Å². The van der Waals surface area contributed by atoms with Gasteiger partial charge in [0.1, 0.15) is 11.8 Å². The lowest BCUT2D eigenvalue weighted by Gasteiger charge is -2.32. The molecule has 1 N–H and O–H groups in total. The second-order valence-corrected chi connectivity index (χ2v) is 8.90. The molecule has 0 aliphatic heterocycles. The van der Waals surface area contributed by atoms with E-state index in [4.69, 9.17) is 16.3 Å². The quantitative estimate of drug-likeness (QED) is 0.558. The monoisotopic (exact) mass is 456 g/mol. The Hall–Kier alpha value is -2.53. The second kappa shape index (κ2) is 11.9. The van der Waals surface area contributed by atoms with Crippen LogP contribution in [0.2, 0.25) is 5.02 Å². The molecule has 0 unspecified atom stereocenters. The molecule has 0 bridgehead atoms. The number of benzene rings is 2. The van der Waals surface area contributed by atoms with E-state index in [9.17, 15) is 9.59 Å². The van der Waals surface area contributed by atoms with Crippen molar-refractivity contribution in [1.29, 1.82) is 0 Å². The summed E-state index contributed by atoms with van der Waals surface area (Å²) in [6, 6.07) is 14.7. The molecule has 1 fully saturated rings. The Labute approximate surface area is 196 Å². The minimum Gasteiger partial charge on any atom is -0.482 e. The highest BCUT2D eigenvalue weighted by Crippen LogP contribution is 2.24. The first kappa shape index (κ1) is 24.1. The summed E-state index contributed by atoms with van der Waals surface area (Å²) in [6.45, 7) is 4.14. The number of aryl methyl sites for hydroxylation is 1. The van der Waals surface area contributed by atoms with Crippen LogP contribution in [0.25, 0.3) is 0 Å². The van der Waals surface area contributed by atoms with Gasteiger partial charge in [0.2, 0.25) is 5.91 Å². The molecule has 2 aromatic rings. The fourth-order valence-corrected chi connectivity index (χ4v) is 4.33. The molecule has 1 aliphatic carbocycles. The van der Waals surface area contributed by atoms with Gasteiger partial charge >= 0.3 is 0 Å². The number of halogens is 1. The summed E-state index contributed by atoms with van der Waals surface area (Å²) in [5, 5.41) is 3.64. The van der Waals surface area contributed by atoms with Gasteiger partial charge in [0.25, 0.3) is 5.91 Å². The van der Waals surface area contributed by atoms with Crippen molar-refractivity contribution in [2.24, 2.45) is 0 Å². The van der Waals surface area contributed by atoms with E-state index in [0.29, 0.717) is 23.7 Å². The van der Waals surface area contributed by atoms with Gasteiger partial charge in [-0.15, -0.1) is 0 Å². The summed E-state index contributed by atoms with van der Waals surface area (Å²) in [5.74, 6) is 0.131. The van der Waals surface area contributed by atoms with Gasteiger partial charge in [-0.2, -0.15) is 0 Å². The smallest absolute Gasteiger partial charge is 0.261 e. The van der Waals surface area contributed by atoms with Gasteiger partial charge in [-0.3, -0.25) is 9.59 Å². The topological polar surface area (TPSA) is 58.6 Å². The number of nitrogens with zero attached hydrogens (tertiary/aromatic N) is 1. The zero-order valence-electron chi connectivity index (χ0n) is 19.0. The van der Waals surface area contributed by atoms with E-state index in [1.165, 1.54) is 6.42 Å². The Kier molecular flexibility index (Phi) is 8.98. The van der Waals surface area contributed by atoms with Crippen LogP contribution in [-0.2, 0) is 16.1 Å².